The van der Waals surface area contributed by atoms with Crippen LogP contribution in [0, 0.1) is 0 Å². The second kappa shape index (κ2) is 13.9. The Morgan fingerprint density at radius 2 is 1.93 bits per heavy atom. The van der Waals surface area contributed by atoms with Gasteiger partial charge in [-0.15, -0.1) is 24.0 Å². The van der Waals surface area contributed by atoms with Gasteiger partial charge in [-0.2, -0.15) is 0 Å². The van der Waals surface area contributed by atoms with Crippen molar-refractivity contribution in [2.45, 2.75) is 33.7 Å². The SMILES string of the molecule is CCCOc1ncccc1CN=C(NCC)Nc1ccc(OCC)c(OC)c1.I. The number of pyridine rings is 1. The van der Waals surface area contributed by atoms with Gasteiger partial charge in [0.05, 0.1) is 26.9 Å². The van der Waals surface area contributed by atoms with E-state index in [2.05, 4.69) is 27.5 Å². The van der Waals surface area contributed by atoms with Crippen LogP contribution in [0.5, 0.6) is 17.4 Å². The minimum absolute atomic E-state index is 0. The second-order valence-corrected chi connectivity index (χ2v) is 5.93. The molecular weight excluding hydrogens is 483 g/mol. The molecular formula is C21H31IN4O3. The molecule has 0 aliphatic rings. The standard InChI is InChI=1S/C21H30N4O3.HI/c1-5-13-28-20-16(9-8-12-23-20)15-24-21(22-6-2)25-17-10-11-18(27-7-3)19(14-17)26-4;/h8-12,14H,5-7,13,15H2,1-4H3,(H2,22,24,25);1H. The summed E-state index contributed by atoms with van der Waals surface area (Å²) < 4.78 is 16.7. The molecule has 2 rings (SSSR count). The third-order valence-corrected chi connectivity index (χ3v) is 3.77. The Balaban J connectivity index is 0.00000420. The number of ether oxygens (including phenoxy) is 3. The fraction of sp³-hybridized carbons (Fsp3) is 0.429. The van der Waals surface area contributed by atoms with Gasteiger partial charge in [-0.25, -0.2) is 9.98 Å². The van der Waals surface area contributed by atoms with Gasteiger partial charge in [0.1, 0.15) is 0 Å². The first kappa shape index (κ1) is 24.8. The fourth-order valence-electron chi connectivity index (χ4n) is 2.50. The summed E-state index contributed by atoms with van der Waals surface area (Å²) in [6, 6.07) is 9.57. The van der Waals surface area contributed by atoms with Crippen LogP contribution in [-0.2, 0) is 6.54 Å². The lowest BCUT2D eigenvalue weighted by atomic mass is 10.2. The maximum Gasteiger partial charge on any atom is 0.218 e. The fourth-order valence-corrected chi connectivity index (χ4v) is 2.50. The van der Waals surface area contributed by atoms with Crippen molar-refractivity contribution in [3.05, 3.63) is 42.1 Å². The molecule has 8 heteroatoms. The van der Waals surface area contributed by atoms with Gasteiger partial charge in [-0.05, 0) is 38.5 Å². The molecule has 0 saturated heterocycles. The van der Waals surface area contributed by atoms with Gasteiger partial charge >= 0.3 is 0 Å². The second-order valence-electron chi connectivity index (χ2n) is 5.93. The number of aliphatic imine (C=N–C) groups is 1. The van der Waals surface area contributed by atoms with E-state index in [1.807, 2.05) is 44.2 Å². The zero-order chi connectivity index (χ0) is 20.2. The summed E-state index contributed by atoms with van der Waals surface area (Å²) in [6.45, 7) is 8.45. The van der Waals surface area contributed by atoms with Crippen molar-refractivity contribution in [3.63, 3.8) is 0 Å². The molecule has 2 N–H and O–H groups in total. The van der Waals surface area contributed by atoms with Crippen molar-refractivity contribution < 1.29 is 14.2 Å². The van der Waals surface area contributed by atoms with E-state index in [1.54, 1.807) is 13.3 Å². The van der Waals surface area contributed by atoms with E-state index in [0.29, 0.717) is 43.1 Å². The first-order valence-electron chi connectivity index (χ1n) is 9.64. The first-order valence-corrected chi connectivity index (χ1v) is 9.64. The highest BCUT2D eigenvalue weighted by Crippen LogP contribution is 2.30. The number of halogens is 1. The van der Waals surface area contributed by atoms with Gasteiger partial charge in [0.2, 0.25) is 5.88 Å². The topological polar surface area (TPSA) is 77.0 Å². The van der Waals surface area contributed by atoms with E-state index in [0.717, 1.165) is 24.2 Å². The molecule has 0 saturated carbocycles. The van der Waals surface area contributed by atoms with Crippen LogP contribution in [0.1, 0.15) is 32.8 Å². The molecule has 0 amide bonds. The van der Waals surface area contributed by atoms with E-state index >= 15 is 0 Å². The predicted octanol–water partition coefficient (Wildman–Crippen LogP) is 4.47. The summed E-state index contributed by atoms with van der Waals surface area (Å²) in [4.78, 5) is 8.98. The highest BCUT2D eigenvalue weighted by atomic mass is 127. The van der Waals surface area contributed by atoms with E-state index in [-0.39, 0.29) is 24.0 Å². The summed E-state index contributed by atoms with van der Waals surface area (Å²) >= 11 is 0. The molecule has 0 spiro atoms. The van der Waals surface area contributed by atoms with Crippen LogP contribution in [0.4, 0.5) is 5.69 Å². The van der Waals surface area contributed by atoms with Gasteiger partial charge in [0, 0.05) is 30.1 Å². The number of rotatable bonds is 10. The molecule has 0 aliphatic heterocycles. The Morgan fingerprint density at radius 3 is 2.62 bits per heavy atom. The average Bonchev–Trinajstić information content (AvgIpc) is 2.72. The summed E-state index contributed by atoms with van der Waals surface area (Å²) in [5, 5.41) is 6.55. The van der Waals surface area contributed by atoms with Crippen LogP contribution in [-0.4, -0.2) is 37.8 Å². The minimum Gasteiger partial charge on any atom is -0.493 e. The molecule has 0 atom stereocenters. The summed E-state index contributed by atoms with van der Waals surface area (Å²) in [7, 11) is 1.63. The molecule has 0 unspecified atom stereocenters. The zero-order valence-electron chi connectivity index (χ0n) is 17.5. The highest BCUT2D eigenvalue weighted by Gasteiger charge is 2.08. The Bertz CT molecular complexity index is 771. The maximum absolute atomic E-state index is 5.71. The quantitative estimate of drug-likeness (QED) is 0.277. The van der Waals surface area contributed by atoms with Gasteiger partial charge in [0.15, 0.2) is 17.5 Å². The van der Waals surface area contributed by atoms with Gasteiger partial charge in [-0.1, -0.05) is 13.0 Å². The molecule has 7 nitrogen and oxygen atoms in total. The largest absolute Gasteiger partial charge is 0.493 e. The first-order chi connectivity index (χ1) is 13.7. The number of guanidine groups is 1. The monoisotopic (exact) mass is 514 g/mol. The summed E-state index contributed by atoms with van der Waals surface area (Å²) in [5.41, 5.74) is 1.80. The van der Waals surface area contributed by atoms with Gasteiger partial charge in [0.25, 0.3) is 0 Å². The smallest absolute Gasteiger partial charge is 0.218 e. The Hall–Kier alpha value is -2.23. The Labute approximate surface area is 190 Å². The third-order valence-electron chi connectivity index (χ3n) is 3.77. The normalized spacial score (nSPS) is 10.7. The van der Waals surface area contributed by atoms with Crippen LogP contribution in [0.25, 0.3) is 0 Å². The number of anilines is 1. The zero-order valence-corrected chi connectivity index (χ0v) is 19.9. The number of hydrogen-bond donors (Lipinski definition) is 2. The molecule has 1 aromatic heterocycles. The molecule has 0 fully saturated rings. The molecule has 0 radical (unpaired) electrons. The van der Waals surface area contributed by atoms with Crippen LogP contribution in [0.3, 0.4) is 0 Å². The van der Waals surface area contributed by atoms with Crippen molar-refractivity contribution in [1.29, 1.82) is 0 Å². The Kier molecular flexibility index (Phi) is 11.9. The predicted molar refractivity (Wildman–Crippen MR) is 128 cm³/mol. The molecule has 160 valence electrons. The third kappa shape index (κ3) is 7.96. The maximum atomic E-state index is 5.71. The Morgan fingerprint density at radius 1 is 1.10 bits per heavy atom. The van der Waals surface area contributed by atoms with Crippen molar-refractivity contribution in [2.75, 3.05) is 32.2 Å². The van der Waals surface area contributed by atoms with E-state index < -0.39 is 0 Å². The van der Waals surface area contributed by atoms with Crippen LogP contribution >= 0.6 is 24.0 Å². The van der Waals surface area contributed by atoms with Crippen molar-refractivity contribution in [1.82, 2.24) is 10.3 Å². The summed E-state index contributed by atoms with van der Waals surface area (Å²) in [6.07, 6.45) is 2.66. The number of nitrogens with one attached hydrogen (secondary N) is 2. The lowest BCUT2D eigenvalue weighted by Gasteiger charge is -2.14. The lowest BCUT2D eigenvalue weighted by molar-refractivity contribution is 0.302. The molecule has 1 heterocycles. The van der Waals surface area contributed by atoms with E-state index in [4.69, 9.17) is 14.2 Å². The number of nitrogens with zero attached hydrogens (tertiary/aromatic N) is 2. The average molecular weight is 514 g/mol. The van der Waals surface area contributed by atoms with E-state index in [1.165, 1.54) is 0 Å². The molecule has 2 aromatic rings. The molecule has 0 aliphatic carbocycles. The van der Waals surface area contributed by atoms with Crippen LogP contribution in [0.15, 0.2) is 41.5 Å². The number of aromatic nitrogens is 1. The van der Waals surface area contributed by atoms with Gasteiger partial charge in [-0.3, -0.25) is 0 Å². The minimum atomic E-state index is 0. The van der Waals surface area contributed by atoms with E-state index in [9.17, 15) is 0 Å². The number of methoxy groups -OCH3 is 1. The van der Waals surface area contributed by atoms with Crippen molar-refractivity contribution >= 4 is 35.6 Å². The highest BCUT2D eigenvalue weighted by molar-refractivity contribution is 14.0. The van der Waals surface area contributed by atoms with Crippen LogP contribution in [0.2, 0.25) is 0 Å². The lowest BCUT2D eigenvalue weighted by Crippen LogP contribution is -2.30. The van der Waals surface area contributed by atoms with Crippen molar-refractivity contribution in [3.8, 4) is 17.4 Å². The number of hydrogen-bond acceptors (Lipinski definition) is 5. The van der Waals surface area contributed by atoms with Crippen molar-refractivity contribution in [2.24, 2.45) is 4.99 Å². The molecule has 29 heavy (non-hydrogen) atoms. The number of benzene rings is 1. The molecule has 0 bridgehead atoms. The molecule has 1 aromatic carbocycles. The summed E-state index contributed by atoms with van der Waals surface area (Å²) in [5.74, 6) is 2.68. The van der Waals surface area contributed by atoms with Gasteiger partial charge < -0.3 is 24.8 Å². The van der Waals surface area contributed by atoms with Crippen LogP contribution < -0.4 is 24.8 Å².